The molecule has 3 heterocycles. The van der Waals surface area contributed by atoms with Crippen LogP contribution in [0, 0.1) is 0 Å². The third kappa shape index (κ3) is 5.16. The number of hydrogen-bond donors (Lipinski definition) is 0. The minimum atomic E-state index is -0.750. The third-order valence-electron chi connectivity index (χ3n) is 6.95. The van der Waals surface area contributed by atoms with Gasteiger partial charge in [-0.15, -0.1) is 0 Å². The fourth-order valence-corrected chi connectivity index (χ4v) is 6.02. The van der Waals surface area contributed by atoms with E-state index in [1.54, 1.807) is 43.7 Å². The molecular formula is C32H28N2O7S. The number of esters is 1. The Balaban J connectivity index is 1.40. The van der Waals surface area contributed by atoms with E-state index in [4.69, 9.17) is 23.7 Å². The summed E-state index contributed by atoms with van der Waals surface area (Å²) in [6.45, 7) is 4.20. The first-order valence-corrected chi connectivity index (χ1v) is 14.2. The van der Waals surface area contributed by atoms with Gasteiger partial charge < -0.3 is 23.7 Å². The van der Waals surface area contributed by atoms with Crippen molar-refractivity contribution in [1.29, 1.82) is 0 Å². The molecule has 1 atom stereocenters. The van der Waals surface area contributed by atoms with Gasteiger partial charge in [-0.05, 0) is 60.9 Å². The molecule has 42 heavy (non-hydrogen) atoms. The molecule has 9 nitrogen and oxygen atoms in total. The van der Waals surface area contributed by atoms with Crippen molar-refractivity contribution in [3.63, 3.8) is 0 Å². The summed E-state index contributed by atoms with van der Waals surface area (Å²) >= 11 is 1.25. The molecule has 4 aromatic rings. The lowest BCUT2D eigenvalue weighted by molar-refractivity contribution is -0.139. The zero-order valence-corrected chi connectivity index (χ0v) is 24.1. The summed E-state index contributed by atoms with van der Waals surface area (Å²) in [5, 5.41) is 0. The summed E-state index contributed by atoms with van der Waals surface area (Å²) in [5.74, 6) is 1.78. The summed E-state index contributed by atoms with van der Waals surface area (Å²) in [7, 11) is 1.58. The highest BCUT2D eigenvalue weighted by Crippen LogP contribution is 2.38. The molecule has 0 saturated carbocycles. The molecule has 0 saturated heterocycles. The first-order valence-electron chi connectivity index (χ1n) is 13.4. The monoisotopic (exact) mass is 584 g/mol. The van der Waals surface area contributed by atoms with Crippen molar-refractivity contribution in [3.05, 3.63) is 114 Å². The van der Waals surface area contributed by atoms with Gasteiger partial charge in [0, 0.05) is 0 Å². The maximum absolute atomic E-state index is 13.9. The molecular weight excluding hydrogens is 556 g/mol. The van der Waals surface area contributed by atoms with Gasteiger partial charge in [-0.25, -0.2) is 9.79 Å². The van der Waals surface area contributed by atoms with Gasteiger partial charge in [-0.2, -0.15) is 0 Å². The second-order valence-electron chi connectivity index (χ2n) is 9.60. The van der Waals surface area contributed by atoms with Crippen LogP contribution in [0.15, 0.2) is 87.8 Å². The van der Waals surface area contributed by atoms with E-state index < -0.39 is 12.0 Å². The van der Waals surface area contributed by atoms with E-state index in [0.717, 1.165) is 11.1 Å². The SMILES string of the molecule is CCOC(=O)C1=C(C)N=c2s/c(=C\c3ccc(OCc4ccccc4)c(OC)c3)c(=O)n2[C@@H]1c1ccc2c(c1)OCO2. The van der Waals surface area contributed by atoms with Crippen LogP contribution in [-0.4, -0.2) is 31.0 Å². The van der Waals surface area contributed by atoms with Gasteiger partial charge >= 0.3 is 5.97 Å². The van der Waals surface area contributed by atoms with Gasteiger partial charge in [0.25, 0.3) is 5.56 Å². The van der Waals surface area contributed by atoms with E-state index in [0.29, 0.717) is 55.8 Å². The molecule has 2 aliphatic rings. The number of nitrogens with zero attached hydrogens (tertiary/aromatic N) is 2. The van der Waals surface area contributed by atoms with Crippen LogP contribution in [0.4, 0.5) is 0 Å². The van der Waals surface area contributed by atoms with Gasteiger partial charge in [0.05, 0.1) is 35.6 Å². The highest BCUT2D eigenvalue weighted by molar-refractivity contribution is 7.07. The molecule has 2 aliphatic heterocycles. The number of ether oxygens (including phenoxy) is 5. The van der Waals surface area contributed by atoms with Gasteiger partial charge in [-0.1, -0.05) is 53.8 Å². The maximum Gasteiger partial charge on any atom is 0.338 e. The second-order valence-corrected chi connectivity index (χ2v) is 10.6. The number of hydrogen-bond acceptors (Lipinski definition) is 9. The second kappa shape index (κ2) is 11.6. The van der Waals surface area contributed by atoms with E-state index in [-0.39, 0.29) is 19.0 Å². The first-order chi connectivity index (χ1) is 20.5. The lowest BCUT2D eigenvalue weighted by Crippen LogP contribution is -2.39. The van der Waals surface area contributed by atoms with Crippen molar-refractivity contribution in [2.45, 2.75) is 26.5 Å². The minimum Gasteiger partial charge on any atom is -0.493 e. The quantitative estimate of drug-likeness (QED) is 0.288. The van der Waals surface area contributed by atoms with Gasteiger partial charge in [0.2, 0.25) is 6.79 Å². The molecule has 0 aliphatic carbocycles. The van der Waals surface area contributed by atoms with Crippen molar-refractivity contribution >= 4 is 23.4 Å². The Hall–Kier alpha value is -4.83. The minimum absolute atomic E-state index is 0.112. The van der Waals surface area contributed by atoms with Crippen LogP contribution in [0.5, 0.6) is 23.0 Å². The summed E-state index contributed by atoms with van der Waals surface area (Å²) in [5.41, 5.74) is 3.00. The number of carbonyl (C=O) groups excluding carboxylic acids is 1. The Labute approximate surface area is 245 Å². The number of fused-ring (bicyclic) bond motifs is 2. The molecule has 1 aromatic heterocycles. The molecule has 0 bridgehead atoms. The Morgan fingerprint density at radius 3 is 2.67 bits per heavy atom. The van der Waals surface area contributed by atoms with E-state index >= 15 is 0 Å². The number of rotatable bonds is 8. The molecule has 0 unspecified atom stereocenters. The molecule has 0 fully saturated rings. The van der Waals surface area contributed by atoms with Crippen molar-refractivity contribution in [2.24, 2.45) is 4.99 Å². The van der Waals surface area contributed by atoms with Crippen LogP contribution >= 0.6 is 11.3 Å². The predicted molar refractivity (Wildman–Crippen MR) is 157 cm³/mol. The Morgan fingerprint density at radius 1 is 1.07 bits per heavy atom. The predicted octanol–water partition coefficient (Wildman–Crippen LogP) is 4.11. The Morgan fingerprint density at radius 2 is 1.88 bits per heavy atom. The zero-order valence-electron chi connectivity index (χ0n) is 23.3. The van der Waals surface area contributed by atoms with Gasteiger partial charge in [0.15, 0.2) is 27.8 Å². The topological polar surface area (TPSA) is 97.6 Å². The van der Waals surface area contributed by atoms with Crippen LogP contribution < -0.4 is 33.8 Å². The summed E-state index contributed by atoms with van der Waals surface area (Å²) < 4.78 is 30.0. The average molecular weight is 585 g/mol. The van der Waals surface area contributed by atoms with E-state index in [1.807, 2.05) is 54.6 Å². The van der Waals surface area contributed by atoms with Crippen LogP contribution in [0.1, 0.15) is 36.6 Å². The number of methoxy groups -OCH3 is 1. The highest BCUT2D eigenvalue weighted by atomic mass is 32.1. The van der Waals surface area contributed by atoms with Gasteiger partial charge in [0.1, 0.15) is 6.61 Å². The molecule has 0 radical (unpaired) electrons. The smallest absolute Gasteiger partial charge is 0.338 e. The highest BCUT2D eigenvalue weighted by Gasteiger charge is 2.34. The number of carbonyl (C=O) groups is 1. The first kappa shape index (κ1) is 27.3. The van der Waals surface area contributed by atoms with Crippen LogP contribution in [0.2, 0.25) is 0 Å². The molecule has 0 N–H and O–H groups in total. The fraction of sp³-hybridized carbons (Fsp3) is 0.219. The van der Waals surface area contributed by atoms with E-state index in [1.165, 1.54) is 11.3 Å². The summed E-state index contributed by atoms with van der Waals surface area (Å²) in [4.78, 5) is 32.2. The number of benzene rings is 3. The molecule has 3 aromatic carbocycles. The lowest BCUT2D eigenvalue weighted by atomic mass is 9.95. The van der Waals surface area contributed by atoms with Crippen LogP contribution in [0.3, 0.4) is 0 Å². The van der Waals surface area contributed by atoms with Crippen LogP contribution in [0.25, 0.3) is 6.08 Å². The van der Waals surface area contributed by atoms with E-state index in [2.05, 4.69) is 4.99 Å². The lowest BCUT2D eigenvalue weighted by Gasteiger charge is -2.24. The van der Waals surface area contributed by atoms with Crippen molar-refractivity contribution in [3.8, 4) is 23.0 Å². The Bertz CT molecular complexity index is 1870. The van der Waals surface area contributed by atoms with Crippen molar-refractivity contribution in [1.82, 2.24) is 4.57 Å². The molecule has 214 valence electrons. The summed E-state index contributed by atoms with van der Waals surface area (Å²) in [6, 6.07) is 20.0. The number of aromatic nitrogens is 1. The molecule has 6 rings (SSSR count). The van der Waals surface area contributed by atoms with Crippen LogP contribution in [-0.2, 0) is 16.1 Å². The zero-order chi connectivity index (χ0) is 29.2. The van der Waals surface area contributed by atoms with Crippen molar-refractivity contribution < 1.29 is 28.5 Å². The molecule has 0 spiro atoms. The number of allylic oxidation sites excluding steroid dienone is 1. The largest absolute Gasteiger partial charge is 0.493 e. The Kier molecular flexibility index (Phi) is 7.54. The molecule has 10 heteroatoms. The normalized spacial score (nSPS) is 15.7. The standard InChI is InChI=1S/C32H28N2O7S/c1-4-38-31(36)28-19(2)33-32-34(29(28)22-11-13-24-26(16-22)41-18-40-24)30(35)27(42-32)15-21-10-12-23(25(14-21)37-3)39-17-20-8-6-5-7-9-20/h5-16,29H,4,17-18H2,1-3H3/b27-15-/t29-/m1/s1. The van der Waals surface area contributed by atoms with Crippen molar-refractivity contribution in [2.75, 3.05) is 20.5 Å². The fourth-order valence-electron chi connectivity index (χ4n) is 4.97. The van der Waals surface area contributed by atoms with Gasteiger partial charge in [-0.3, -0.25) is 9.36 Å². The summed E-state index contributed by atoms with van der Waals surface area (Å²) in [6.07, 6.45) is 1.79. The average Bonchev–Trinajstić information content (AvgIpc) is 3.59. The molecule has 0 amide bonds. The number of thiazole rings is 1. The third-order valence-corrected chi connectivity index (χ3v) is 7.93. The van der Waals surface area contributed by atoms with E-state index in [9.17, 15) is 9.59 Å². The maximum atomic E-state index is 13.9.